The fraction of sp³-hybridized carbons (Fsp3) is 0.333. The summed E-state index contributed by atoms with van der Waals surface area (Å²) in [6.45, 7) is 1.51. The van der Waals surface area contributed by atoms with Gasteiger partial charge in [-0.15, -0.1) is 0 Å². The van der Waals surface area contributed by atoms with Crippen LogP contribution in [0.3, 0.4) is 0 Å². The van der Waals surface area contributed by atoms with Gasteiger partial charge in [0.05, 0.1) is 17.9 Å². The van der Waals surface area contributed by atoms with Gasteiger partial charge in [-0.05, 0) is 37.1 Å². The number of halogens is 1. The number of aromatic nitrogens is 2. The lowest BCUT2D eigenvalue weighted by atomic mass is 10.1. The molecule has 2 amide bonds. The predicted octanol–water partition coefficient (Wildman–Crippen LogP) is 3.53. The zero-order valence-corrected chi connectivity index (χ0v) is 12.7. The molecule has 3 rings (SSSR count). The van der Waals surface area contributed by atoms with Crippen molar-refractivity contribution in [3.63, 3.8) is 0 Å². The zero-order chi connectivity index (χ0) is 15.4. The van der Waals surface area contributed by atoms with E-state index in [0.717, 1.165) is 26.1 Å². The van der Waals surface area contributed by atoms with E-state index in [-0.39, 0.29) is 6.03 Å². The molecule has 2 N–H and O–H groups in total. The van der Waals surface area contributed by atoms with Gasteiger partial charge in [0.25, 0.3) is 0 Å². The molecule has 0 saturated carbocycles. The van der Waals surface area contributed by atoms with Crippen LogP contribution < -0.4 is 10.6 Å². The van der Waals surface area contributed by atoms with Crippen LogP contribution in [-0.4, -0.2) is 29.0 Å². The van der Waals surface area contributed by atoms with E-state index in [2.05, 4.69) is 15.7 Å². The summed E-state index contributed by atoms with van der Waals surface area (Å²) in [5.74, 6) is 0. The maximum atomic E-state index is 11.9. The lowest BCUT2D eigenvalue weighted by Crippen LogP contribution is -2.20. The van der Waals surface area contributed by atoms with Crippen LogP contribution in [0.2, 0.25) is 5.02 Å². The predicted molar refractivity (Wildman–Crippen MR) is 85.4 cm³/mol. The van der Waals surface area contributed by atoms with Gasteiger partial charge >= 0.3 is 6.03 Å². The molecule has 22 heavy (non-hydrogen) atoms. The van der Waals surface area contributed by atoms with E-state index in [1.54, 1.807) is 30.5 Å². The SMILES string of the molecule is O=C(Nc1ccc(Cl)cc1)Nc1cnn(C2CCOCC2)c1. The summed E-state index contributed by atoms with van der Waals surface area (Å²) in [4.78, 5) is 11.9. The van der Waals surface area contributed by atoms with Crippen LogP contribution in [0.4, 0.5) is 16.2 Å². The first-order chi connectivity index (χ1) is 10.7. The highest BCUT2D eigenvalue weighted by Gasteiger charge is 2.16. The summed E-state index contributed by atoms with van der Waals surface area (Å²) < 4.78 is 7.23. The number of nitrogens with zero attached hydrogens (tertiary/aromatic N) is 2. The monoisotopic (exact) mass is 320 g/mol. The second kappa shape index (κ2) is 6.81. The van der Waals surface area contributed by atoms with Gasteiger partial charge < -0.3 is 15.4 Å². The van der Waals surface area contributed by atoms with E-state index in [1.165, 1.54) is 0 Å². The lowest BCUT2D eigenvalue weighted by molar-refractivity contribution is 0.0662. The fourth-order valence-electron chi connectivity index (χ4n) is 2.38. The number of carbonyl (C=O) groups excluding carboxylic acids is 1. The molecular weight excluding hydrogens is 304 g/mol. The summed E-state index contributed by atoms with van der Waals surface area (Å²) in [5, 5.41) is 10.4. The Kier molecular flexibility index (Phi) is 4.60. The molecule has 2 aromatic rings. The standard InChI is InChI=1S/C15H17ClN4O2/c16-11-1-3-12(4-2-11)18-15(21)19-13-9-17-20(10-13)14-5-7-22-8-6-14/h1-4,9-10,14H,5-8H2,(H2,18,19,21). The van der Waals surface area contributed by atoms with Crippen LogP contribution in [-0.2, 0) is 4.74 Å². The minimum Gasteiger partial charge on any atom is -0.381 e. The van der Waals surface area contributed by atoms with Crippen molar-refractivity contribution in [1.82, 2.24) is 9.78 Å². The van der Waals surface area contributed by atoms with E-state index >= 15 is 0 Å². The maximum absolute atomic E-state index is 11.9. The molecule has 0 spiro atoms. The molecule has 6 nitrogen and oxygen atoms in total. The van der Waals surface area contributed by atoms with Crippen molar-refractivity contribution in [1.29, 1.82) is 0 Å². The number of rotatable bonds is 3. The van der Waals surface area contributed by atoms with Crippen molar-refractivity contribution >= 4 is 29.0 Å². The van der Waals surface area contributed by atoms with Gasteiger partial charge in [0.1, 0.15) is 0 Å². The Labute approximate surface area is 133 Å². The topological polar surface area (TPSA) is 68.2 Å². The molecule has 7 heteroatoms. The second-order valence-electron chi connectivity index (χ2n) is 5.14. The molecule has 1 aromatic heterocycles. The fourth-order valence-corrected chi connectivity index (χ4v) is 2.50. The van der Waals surface area contributed by atoms with E-state index in [4.69, 9.17) is 16.3 Å². The number of benzene rings is 1. The first-order valence-electron chi connectivity index (χ1n) is 7.16. The third kappa shape index (κ3) is 3.78. The Balaban J connectivity index is 1.57. The van der Waals surface area contributed by atoms with E-state index in [9.17, 15) is 4.79 Å². The number of anilines is 2. The van der Waals surface area contributed by atoms with Crippen molar-refractivity contribution in [2.24, 2.45) is 0 Å². The van der Waals surface area contributed by atoms with Crippen molar-refractivity contribution in [3.05, 3.63) is 41.7 Å². The normalized spacial score (nSPS) is 15.5. The van der Waals surface area contributed by atoms with Crippen LogP contribution in [0.5, 0.6) is 0 Å². The van der Waals surface area contributed by atoms with Gasteiger partial charge in [0, 0.05) is 30.1 Å². The molecule has 1 fully saturated rings. The number of amides is 2. The number of urea groups is 1. The summed E-state index contributed by atoms with van der Waals surface area (Å²) in [5.41, 5.74) is 1.34. The molecule has 0 aliphatic carbocycles. The molecule has 1 aromatic carbocycles. The summed E-state index contributed by atoms with van der Waals surface area (Å²) in [7, 11) is 0. The summed E-state index contributed by atoms with van der Waals surface area (Å²) in [6.07, 6.45) is 5.38. The highest BCUT2D eigenvalue weighted by molar-refractivity contribution is 6.30. The van der Waals surface area contributed by atoms with Crippen molar-refractivity contribution in [3.8, 4) is 0 Å². The average molecular weight is 321 g/mol. The first kappa shape index (κ1) is 14.9. The molecule has 0 radical (unpaired) electrons. The molecule has 0 atom stereocenters. The van der Waals surface area contributed by atoms with Gasteiger partial charge in [0.15, 0.2) is 0 Å². The van der Waals surface area contributed by atoms with Crippen molar-refractivity contribution < 1.29 is 9.53 Å². The summed E-state index contributed by atoms with van der Waals surface area (Å²) >= 11 is 5.81. The van der Waals surface area contributed by atoms with Gasteiger partial charge in [-0.25, -0.2) is 4.79 Å². The zero-order valence-electron chi connectivity index (χ0n) is 12.0. The minimum atomic E-state index is -0.311. The minimum absolute atomic E-state index is 0.311. The Morgan fingerprint density at radius 3 is 2.59 bits per heavy atom. The molecule has 0 bridgehead atoms. The Hall–Kier alpha value is -2.05. The number of nitrogens with one attached hydrogen (secondary N) is 2. The molecule has 1 aliphatic rings. The third-order valence-corrected chi connectivity index (χ3v) is 3.78. The Bertz CT molecular complexity index is 635. The number of hydrogen-bond donors (Lipinski definition) is 2. The second-order valence-corrected chi connectivity index (χ2v) is 5.58. The number of hydrogen-bond acceptors (Lipinski definition) is 3. The van der Waals surface area contributed by atoms with E-state index < -0.39 is 0 Å². The van der Waals surface area contributed by atoms with Crippen LogP contribution >= 0.6 is 11.6 Å². The van der Waals surface area contributed by atoms with Crippen LogP contribution in [0.25, 0.3) is 0 Å². The van der Waals surface area contributed by atoms with Gasteiger partial charge in [-0.3, -0.25) is 4.68 Å². The molecule has 2 heterocycles. The molecule has 0 unspecified atom stereocenters. The molecule has 116 valence electrons. The largest absolute Gasteiger partial charge is 0.381 e. The van der Waals surface area contributed by atoms with Gasteiger partial charge in [0.2, 0.25) is 0 Å². The third-order valence-electron chi connectivity index (χ3n) is 3.53. The van der Waals surface area contributed by atoms with E-state index in [0.29, 0.717) is 22.4 Å². The van der Waals surface area contributed by atoms with Crippen LogP contribution in [0.15, 0.2) is 36.7 Å². The van der Waals surface area contributed by atoms with Crippen molar-refractivity contribution in [2.75, 3.05) is 23.8 Å². The molecule has 1 saturated heterocycles. The van der Waals surface area contributed by atoms with Gasteiger partial charge in [-0.1, -0.05) is 11.6 Å². The lowest BCUT2D eigenvalue weighted by Gasteiger charge is -2.22. The first-order valence-corrected chi connectivity index (χ1v) is 7.54. The number of ether oxygens (including phenoxy) is 1. The molecular formula is C15H17ClN4O2. The van der Waals surface area contributed by atoms with E-state index in [1.807, 2.05) is 10.9 Å². The average Bonchev–Trinajstić information content (AvgIpc) is 2.99. The highest BCUT2D eigenvalue weighted by Crippen LogP contribution is 2.21. The summed E-state index contributed by atoms with van der Waals surface area (Å²) in [6, 6.07) is 6.96. The Morgan fingerprint density at radius 2 is 1.86 bits per heavy atom. The highest BCUT2D eigenvalue weighted by atomic mass is 35.5. The molecule has 1 aliphatic heterocycles. The Morgan fingerprint density at radius 1 is 1.18 bits per heavy atom. The van der Waals surface area contributed by atoms with Crippen molar-refractivity contribution in [2.45, 2.75) is 18.9 Å². The number of carbonyl (C=O) groups is 1. The smallest absolute Gasteiger partial charge is 0.323 e. The van der Waals surface area contributed by atoms with Crippen LogP contribution in [0, 0.1) is 0 Å². The van der Waals surface area contributed by atoms with Gasteiger partial charge in [-0.2, -0.15) is 5.10 Å². The van der Waals surface area contributed by atoms with Crippen LogP contribution in [0.1, 0.15) is 18.9 Å². The maximum Gasteiger partial charge on any atom is 0.323 e. The quantitative estimate of drug-likeness (QED) is 0.909.